The maximum absolute atomic E-state index is 12.0. The summed E-state index contributed by atoms with van der Waals surface area (Å²) in [5.41, 5.74) is 5.38. The van der Waals surface area contributed by atoms with Crippen molar-refractivity contribution < 1.29 is 14.4 Å². The van der Waals surface area contributed by atoms with Crippen LogP contribution in [0.5, 0.6) is 0 Å². The van der Waals surface area contributed by atoms with Crippen LogP contribution >= 0.6 is 0 Å². The van der Waals surface area contributed by atoms with Crippen LogP contribution in [-0.4, -0.2) is 28.7 Å². The number of nitrogens with zero attached hydrogens (tertiary/aromatic N) is 1. The highest BCUT2D eigenvalue weighted by atomic mass is 16.2. The number of hydrogen-bond donors (Lipinski definition) is 3. The van der Waals surface area contributed by atoms with Gasteiger partial charge in [-0.15, -0.1) is 0 Å². The summed E-state index contributed by atoms with van der Waals surface area (Å²) in [6, 6.07) is 9.99. The van der Waals surface area contributed by atoms with E-state index in [4.69, 9.17) is 0 Å². The minimum absolute atomic E-state index is 0.186. The lowest BCUT2D eigenvalue weighted by Gasteiger charge is -2.13. The van der Waals surface area contributed by atoms with E-state index in [1.807, 2.05) is 18.2 Å². The van der Waals surface area contributed by atoms with Crippen LogP contribution in [0.25, 0.3) is 10.9 Å². The number of carbonyl (C=O) groups is 3. The zero-order valence-corrected chi connectivity index (χ0v) is 12.2. The predicted octanol–water partition coefficient (Wildman–Crippen LogP) is 0.520. The highest BCUT2D eigenvalue weighted by Gasteiger charge is 2.15. The summed E-state index contributed by atoms with van der Waals surface area (Å²) >= 11 is 0. The van der Waals surface area contributed by atoms with Crippen molar-refractivity contribution in [3.8, 4) is 0 Å². The number of amides is 3. The molecule has 114 valence electrons. The van der Waals surface area contributed by atoms with Crippen LogP contribution in [0, 0.1) is 0 Å². The Bertz CT molecular complexity index is 730. The second kappa shape index (κ2) is 6.66. The third-order valence-electron chi connectivity index (χ3n) is 2.94. The lowest BCUT2D eigenvalue weighted by molar-refractivity contribution is -0.128. The summed E-state index contributed by atoms with van der Waals surface area (Å²) in [6.07, 6.45) is 0. The molecule has 0 aliphatic heterocycles. The monoisotopic (exact) mass is 300 g/mol. The number of hydrazine groups is 1. The second-order valence-corrected chi connectivity index (χ2v) is 4.75. The quantitative estimate of drug-likeness (QED) is 0.719. The van der Waals surface area contributed by atoms with Gasteiger partial charge in [-0.3, -0.25) is 25.2 Å². The van der Waals surface area contributed by atoms with Crippen molar-refractivity contribution in [3.63, 3.8) is 0 Å². The molecule has 3 N–H and O–H groups in total. The predicted molar refractivity (Wildman–Crippen MR) is 80.6 cm³/mol. The molecule has 1 aromatic heterocycles. The molecule has 22 heavy (non-hydrogen) atoms. The van der Waals surface area contributed by atoms with Crippen LogP contribution in [0.2, 0.25) is 0 Å². The van der Waals surface area contributed by atoms with Gasteiger partial charge in [0.05, 0.1) is 5.52 Å². The Morgan fingerprint density at radius 2 is 1.77 bits per heavy atom. The SMILES string of the molecule is CC(=O)N[C@@H](C)C(=O)NNC(=O)c1ccc2ccccc2n1. The minimum Gasteiger partial charge on any atom is -0.345 e. The molecular formula is C15H16N4O3. The van der Waals surface area contributed by atoms with Crippen LogP contribution in [0.4, 0.5) is 0 Å². The van der Waals surface area contributed by atoms with Gasteiger partial charge in [0.2, 0.25) is 5.91 Å². The zero-order chi connectivity index (χ0) is 16.1. The van der Waals surface area contributed by atoms with Crippen LogP contribution < -0.4 is 16.2 Å². The molecule has 0 saturated carbocycles. The van der Waals surface area contributed by atoms with Gasteiger partial charge in [0.25, 0.3) is 11.8 Å². The number of aromatic nitrogens is 1. The number of para-hydroxylation sites is 1. The molecule has 0 fully saturated rings. The summed E-state index contributed by atoms with van der Waals surface area (Å²) in [6.45, 7) is 2.82. The molecule has 1 atom stereocenters. The van der Waals surface area contributed by atoms with Gasteiger partial charge >= 0.3 is 0 Å². The first-order chi connectivity index (χ1) is 10.5. The lowest BCUT2D eigenvalue weighted by Crippen LogP contribution is -2.50. The standard InChI is InChI=1S/C15H16N4O3/c1-9(16-10(2)20)14(21)18-19-15(22)13-8-7-11-5-3-4-6-12(11)17-13/h3-9H,1-2H3,(H,16,20)(H,18,21)(H,19,22)/t9-/m0/s1. The molecule has 0 aliphatic carbocycles. The molecular weight excluding hydrogens is 284 g/mol. The fourth-order valence-corrected chi connectivity index (χ4v) is 1.85. The summed E-state index contributed by atoms with van der Waals surface area (Å²) in [7, 11) is 0. The molecule has 2 aromatic rings. The molecule has 0 unspecified atom stereocenters. The largest absolute Gasteiger partial charge is 0.345 e. The number of carbonyl (C=O) groups excluding carboxylic acids is 3. The third-order valence-corrected chi connectivity index (χ3v) is 2.94. The highest BCUT2D eigenvalue weighted by molar-refractivity contribution is 5.96. The molecule has 0 saturated heterocycles. The Balaban J connectivity index is 1.99. The number of rotatable bonds is 3. The maximum atomic E-state index is 12.0. The Morgan fingerprint density at radius 1 is 1.05 bits per heavy atom. The topological polar surface area (TPSA) is 100 Å². The van der Waals surface area contributed by atoms with Crippen molar-refractivity contribution in [2.45, 2.75) is 19.9 Å². The number of benzene rings is 1. The van der Waals surface area contributed by atoms with Crippen LogP contribution in [0.15, 0.2) is 36.4 Å². The van der Waals surface area contributed by atoms with Crippen LogP contribution in [0.1, 0.15) is 24.3 Å². The van der Waals surface area contributed by atoms with E-state index in [2.05, 4.69) is 21.2 Å². The molecule has 3 amide bonds. The Kier molecular flexibility index (Phi) is 4.67. The Morgan fingerprint density at radius 3 is 2.50 bits per heavy atom. The number of nitrogens with one attached hydrogen (secondary N) is 3. The molecule has 7 nitrogen and oxygen atoms in total. The van der Waals surface area contributed by atoms with Gasteiger partial charge in [0.15, 0.2) is 0 Å². The Labute approximate surface area is 127 Å². The van der Waals surface area contributed by atoms with E-state index in [9.17, 15) is 14.4 Å². The summed E-state index contributed by atoms with van der Waals surface area (Å²) in [5.74, 6) is -1.39. The van der Waals surface area contributed by atoms with E-state index in [0.717, 1.165) is 5.39 Å². The van der Waals surface area contributed by atoms with Gasteiger partial charge in [0.1, 0.15) is 11.7 Å². The first kappa shape index (κ1) is 15.4. The van der Waals surface area contributed by atoms with E-state index in [-0.39, 0.29) is 11.6 Å². The van der Waals surface area contributed by atoms with Crippen molar-refractivity contribution in [1.82, 2.24) is 21.2 Å². The number of hydrogen-bond acceptors (Lipinski definition) is 4. The smallest absolute Gasteiger partial charge is 0.288 e. The van der Waals surface area contributed by atoms with E-state index in [1.165, 1.54) is 13.8 Å². The van der Waals surface area contributed by atoms with Gasteiger partial charge < -0.3 is 5.32 Å². The maximum Gasteiger partial charge on any atom is 0.288 e. The van der Waals surface area contributed by atoms with Gasteiger partial charge in [-0.2, -0.15) is 0 Å². The van der Waals surface area contributed by atoms with E-state index >= 15 is 0 Å². The molecule has 0 aliphatic rings. The summed E-state index contributed by atoms with van der Waals surface area (Å²) in [4.78, 5) is 38.7. The second-order valence-electron chi connectivity index (χ2n) is 4.75. The summed E-state index contributed by atoms with van der Waals surface area (Å²) < 4.78 is 0. The van der Waals surface area contributed by atoms with Crippen molar-refractivity contribution in [2.24, 2.45) is 0 Å². The molecule has 1 heterocycles. The Hall–Kier alpha value is -2.96. The number of pyridine rings is 1. The van der Waals surface area contributed by atoms with Crippen LogP contribution in [0.3, 0.4) is 0 Å². The molecule has 7 heteroatoms. The van der Waals surface area contributed by atoms with Crippen molar-refractivity contribution in [1.29, 1.82) is 0 Å². The molecule has 0 bridgehead atoms. The molecule has 1 aromatic carbocycles. The van der Waals surface area contributed by atoms with Crippen LogP contribution in [-0.2, 0) is 9.59 Å². The third kappa shape index (κ3) is 3.78. The van der Waals surface area contributed by atoms with Gasteiger partial charge in [-0.1, -0.05) is 24.3 Å². The summed E-state index contributed by atoms with van der Waals surface area (Å²) in [5, 5.41) is 3.33. The molecule has 0 radical (unpaired) electrons. The first-order valence-corrected chi connectivity index (χ1v) is 6.70. The zero-order valence-electron chi connectivity index (χ0n) is 12.2. The van der Waals surface area contributed by atoms with E-state index < -0.39 is 17.9 Å². The minimum atomic E-state index is -0.748. The van der Waals surface area contributed by atoms with Crippen molar-refractivity contribution >= 4 is 28.6 Å². The molecule has 2 rings (SSSR count). The van der Waals surface area contributed by atoms with Gasteiger partial charge in [-0.25, -0.2) is 4.98 Å². The van der Waals surface area contributed by atoms with Gasteiger partial charge in [-0.05, 0) is 19.1 Å². The lowest BCUT2D eigenvalue weighted by atomic mass is 10.2. The average Bonchev–Trinajstić information content (AvgIpc) is 2.51. The fraction of sp³-hybridized carbons (Fsp3) is 0.200. The number of fused-ring (bicyclic) bond motifs is 1. The van der Waals surface area contributed by atoms with E-state index in [0.29, 0.717) is 5.52 Å². The first-order valence-electron chi connectivity index (χ1n) is 6.70. The molecule has 0 spiro atoms. The van der Waals surface area contributed by atoms with Crippen molar-refractivity contribution in [2.75, 3.05) is 0 Å². The highest BCUT2D eigenvalue weighted by Crippen LogP contribution is 2.11. The fourth-order valence-electron chi connectivity index (χ4n) is 1.85. The van der Waals surface area contributed by atoms with E-state index in [1.54, 1.807) is 18.2 Å². The van der Waals surface area contributed by atoms with Gasteiger partial charge in [0, 0.05) is 12.3 Å². The van der Waals surface area contributed by atoms with Crippen molar-refractivity contribution in [3.05, 3.63) is 42.1 Å². The normalized spacial score (nSPS) is 11.5. The average molecular weight is 300 g/mol.